The number of alkyl halides is 2. The molecule has 1 atom stereocenters. The van der Waals surface area contributed by atoms with E-state index >= 15 is 8.78 Å². The number of halogens is 5. The molecule has 5 aromatic heterocycles. The van der Waals surface area contributed by atoms with E-state index < -0.39 is 41.0 Å². The summed E-state index contributed by atoms with van der Waals surface area (Å²) in [5.74, 6) is -0.959. The Morgan fingerprint density at radius 2 is 1.49 bits per heavy atom. The zero-order valence-corrected chi connectivity index (χ0v) is 29.7. The summed E-state index contributed by atoms with van der Waals surface area (Å²) >= 11 is 0. The Bertz CT molecular complexity index is 2730. The van der Waals surface area contributed by atoms with Gasteiger partial charge in [-0.3, -0.25) is 9.97 Å². The molecule has 0 aliphatic rings. The van der Waals surface area contributed by atoms with Crippen LogP contribution < -0.4 is 5.32 Å². The number of fused-ring (bicyclic) bond motifs is 1. The fourth-order valence-electron chi connectivity index (χ4n) is 6.42. The number of anilines is 1. The van der Waals surface area contributed by atoms with Crippen molar-refractivity contribution in [1.29, 1.82) is 0 Å². The predicted molar refractivity (Wildman–Crippen MR) is 202 cm³/mol. The van der Waals surface area contributed by atoms with E-state index in [1.807, 2.05) is 47.1 Å². The molecule has 0 bridgehead atoms. The highest BCUT2D eigenvalue weighted by atomic mass is 19.3. The van der Waals surface area contributed by atoms with Crippen LogP contribution in [0.15, 0.2) is 141 Å². The van der Waals surface area contributed by atoms with Gasteiger partial charge in [0.05, 0.1) is 12.1 Å². The number of aromatic nitrogens is 7. The van der Waals surface area contributed by atoms with E-state index in [1.165, 1.54) is 18.2 Å². The van der Waals surface area contributed by atoms with Gasteiger partial charge in [-0.25, -0.2) is 27.4 Å². The Labute approximate surface area is 322 Å². The third kappa shape index (κ3) is 7.43. The molecule has 14 heteroatoms. The van der Waals surface area contributed by atoms with Gasteiger partial charge in [0.15, 0.2) is 5.60 Å². The lowest BCUT2D eigenvalue weighted by Crippen LogP contribution is -2.48. The summed E-state index contributed by atoms with van der Waals surface area (Å²) < 4.78 is 77.1. The molecule has 8 rings (SSSR count). The Hall–Kier alpha value is -7.24. The zero-order chi connectivity index (χ0) is 39.6. The number of benzene rings is 3. The highest BCUT2D eigenvalue weighted by Gasteiger charge is 2.57. The van der Waals surface area contributed by atoms with E-state index in [1.54, 1.807) is 36.7 Å². The molecule has 0 aliphatic heterocycles. The number of hydrogen-bond acceptors (Lipinski definition) is 7. The van der Waals surface area contributed by atoms with Crippen LogP contribution in [0.3, 0.4) is 0 Å². The highest BCUT2D eigenvalue weighted by Crippen LogP contribution is 2.46. The number of hydrogen-bond donors (Lipinski definition) is 2. The minimum Gasteiger partial charge on any atom is -0.381 e. The molecule has 1 unspecified atom stereocenters. The minimum absolute atomic E-state index is 0.313. The summed E-state index contributed by atoms with van der Waals surface area (Å²) in [6, 6.07) is 25.7. The molecule has 0 aliphatic carbocycles. The maximum absolute atomic E-state index is 16.1. The van der Waals surface area contributed by atoms with Gasteiger partial charge in [-0.1, -0.05) is 17.9 Å². The third-order valence-electron chi connectivity index (χ3n) is 9.35. The van der Waals surface area contributed by atoms with Gasteiger partial charge < -0.3 is 10.4 Å². The van der Waals surface area contributed by atoms with Crippen molar-refractivity contribution in [3.63, 3.8) is 0 Å². The molecule has 8 aromatic rings. The van der Waals surface area contributed by atoms with Crippen LogP contribution in [0.4, 0.5) is 27.6 Å². The topological polar surface area (TPSA) is 106 Å². The van der Waals surface area contributed by atoms with Crippen molar-refractivity contribution in [3.8, 4) is 34.2 Å². The first-order valence-corrected chi connectivity index (χ1v) is 17.5. The summed E-state index contributed by atoms with van der Waals surface area (Å²) in [6.45, 7) is -0.411. The SMILES string of the molecule is OC(Cn1cncn1)(c1ccc(F)cc1F)C(F)(F)c1ccc(C#Cc2ccc(NCc3ccc4c(-c5ccncc5)c(-c5ccc(F)cc5)nn4c3)cc2)cn1. The Morgan fingerprint density at radius 3 is 2.19 bits per heavy atom. The number of aliphatic hydroxyl groups is 1. The van der Waals surface area contributed by atoms with E-state index in [-0.39, 0.29) is 5.82 Å². The van der Waals surface area contributed by atoms with Crippen LogP contribution in [0, 0.1) is 29.3 Å². The fraction of sp³-hybridized carbons (Fsp3) is 0.0930. The van der Waals surface area contributed by atoms with Crippen molar-refractivity contribution in [3.05, 3.63) is 186 Å². The molecule has 5 heterocycles. The normalized spacial score (nSPS) is 12.5. The fourth-order valence-corrected chi connectivity index (χ4v) is 6.42. The molecule has 0 radical (unpaired) electrons. The van der Waals surface area contributed by atoms with E-state index in [2.05, 4.69) is 37.2 Å². The Balaban J connectivity index is 0.963. The second kappa shape index (κ2) is 15.1. The second-order valence-electron chi connectivity index (χ2n) is 13.1. The van der Waals surface area contributed by atoms with Crippen LogP contribution in [0.5, 0.6) is 0 Å². The van der Waals surface area contributed by atoms with Crippen LogP contribution in [0.2, 0.25) is 0 Å². The number of rotatable bonds is 10. The first kappa shape index (κ1) is 36.7. The van der Waals surface area contributed by atoms with Gasteiger partial charge in [0.25, 0.3) is 0 Å². The molecule has 0 saturated carbocycles. The smallest absolute Gasteiger partial charge is 0.323 e. The monoisotopic (exact) mass is 768 g/mol. The van der Waals surface area contributed by atoms with Crippen molar-refractivity contribution in [2.45, 2.75) is 24.6 Å². The molecule has 282 valence electrons. The summed E-state index contributed by atoms with van der Waals surface area (Å²) in [6.07, 6.45) is 8.67. The van der Waals surface area contributed by atoms with E-state index in [9.17, 15) is 18.3 Å². The van der Waals surface area contributed by atoms with Crippen molar-refractivity contribution in [2.24, 2.45) is 0 Å². The maximum Gasteiger partial charge on any atom is 0.323 e. The number of pyridine rings is 3. The second-order valence-corrected chi connectivity index (χ2v) is 13.1. The third-order valence-corrected chi connectivity index (χ3v) is 9.35. The molecule has 0 saturated heterocycles. The van der Waals surface area contributed by atoms with Gasteiger partial charge in [-0.2, -0.15) is 19.0 Å². The van der Waals surface area contributed by atoms with Crippen LogP contribution >= 0.6 is 0 Å². The molecule has 0 spiro atoms. The van der Waals surface area contributed by atoms with Crippen molar-refractivity contribution >= 4 is 11.2 Å². The minimum atomic E-state index is -4.16. The van der Waals surface area contributed by atoms with Crippen molar-refractivity contribution < 1.29 is 27.1 Å². The average Bonchev–Trinajstić information content (AvgIpc) is 3.88. The Morgan fingerprint density at radius 1 is 0.754 bits per heavy atom. The molecule has 9 nitrogen and oxygen atoms in total. The van der Waals surface area contributed by atoms with Gasteiger partial charge in [0.1, 0.15) is 41.5 Å². The number of nitrogens with one attached hydrogen (secondary N) is 1. The van der Waals surface area contributed by atoms with Crippen LogP contribution in [-0.4, -0.2) is 39.5 Å². The van der Waals surface area contributed by atoms with Crippen LogP contribution in [0.1, 0.15) is 27.9 Å². The van der Waals surface area contributed by atoms with Crippen molar-refractivity contribution in [2.75, 3.05) is 5.32 Å². The molecule has 2 N–H and O–H groups in total. The average molecular weight is 769 g/mol. The molecule has 0 fully saturated rings. The van der Waals surface area contributed by atoms with Gasteiger partial charge in [0, 0.05) is 70.9 Å². The Kier molecular flexibility index (Phi) is 9.74. The summed E-state index contributed by atoms with van der Waals surface area (Å²) in [5.41, 5.74) is 2.09. The highest BCUT2D eigenvalue weighted by molar-refractivity contribution is 5.92. The van der Waals surface area contributed by atoms with E-state index in [0.29, 0.717) is 23.7 Å². The number of nitrogens with zero attached hydrogens (tertiary/aromatic N) is 7. The maximum atomic E-state index is 16.1. The molecule has 3 aromatic carbocycles. The quantitative estimate of drug-likeness (QED) is 0.107. The zero-order valence-electron chi connectivity index (χ0n) is 29.7. The summed E-state index contributed by atoms with van der Waals surface area (Å²) in [5, 5.41) is 23.4. The lowest BCUT2D eigenvalue weighted by molar-refractivity contribution is -0.207. The molecule has 0 amide bonds. The van der Waals surface area contributed by atoms with E-state index in [4.69, 9.17) is 5.10 Å². The van der Waals surface area contributed by atoms with Gasteiger partial charge >= 0.3 is 5.92 Å². The summed E-state index contributed by atoms with van der Waals surface area (Å²) in [7, 11) is 0. The van der Waals surface area contributed by atoms with Crippen LogP contribution in [-0.2, 0) is 24.6 Å². The summed E-state index contributed by atoms with van der Waals surface area (Å²) in [4.78, 5) is 11.7. The molecular formula is C43H29F5N8O. The molecule has 57 heavy (non-hydrogen) atoms. The largest absolute Gasteiger partial charge is 0.381 e. The van der Waals surface area contributed by atoms with Gasteiger partial charge in [-0.15, -0.1) is 0 Å². The molecular weight excluding hydrogens is 740 g/mol. The predicted octanol–water partition coefficient (Wildman–Crippen LogP) is 8.16. The standard InChI is InChI=1S/C43H29F5N8O/c44-33-9-7-32(8-10-33)41-40(31-17-19-49-20-18-31)38-15-5-30(24-56(38)54-41)23-51-35-12-3-28(4-13-35)1-2-29-6-16-39(52-22-29)43(47,48)42(57,25-55-27-50-26-53-55)36-14-11-34(45)21-37(36)46/h3-22,24,26-27,51,57H,23,25H2. The first-order chi connectivity index (χ1) is 27.6. The van der Waals surface area contributed by atoms with E-state index in [0.717, 1.165) is 80.9 Å². The first-order valence-electron chi connectivity index (χ1n) is 17.5. The lowest BCUT2D eigenvalue weighted by atomic mass is 9.84. The lowest BCUT2D eigenvalue weighted by Gasteiger charge is -2.35. The van der Waals surface area contributed by atoms with Gasteiger partial charge in [0.2, 0.25) is 0 Å². The van der Waals surface area contributed by atoms with Crippen LogP contribution in [0.25, 0.3) is 27.9 Å². The van der Waals surface area contributed by atoms with Crippen molar-refractivity contribution in [1.82, 2.24) is 34.3 Å². The van der Waals surface area contributed by atoms with Gasteiger partial charge in [-0.05, 0) is 102 Å².